The van der Waals surface area contributed by atoms with E-state index >= 15 is 0 Å². The summed E-state index contributed by atoms with van der Waals surface area (Å²) < 4.78 is 7.21. The summed E-state index contributed by atoms with van der Waals surface area (Å²) in [5, 5.41) is 16.7. The molecule has 1 saturated heterocycles. The molecule has 15 heavy (non-hydrogen) atoms. The molecule has 2 unspecified atom stereocenters. The Morgan fingerprint density at radius 3 is 2.73 bits per heavy atom. The molecule has 0 amide bonds. The Morgan fingerprint density at radius 2 is 2.27 bits per heavy atom. The van der Waals surface area contributed by atoms with Gasteiger partial charge in [0.15, 0.2) is 11.9 Å². The maximum Gasteiger partial charge on any atom is 0.332 e. The minimum Gasteiger partial charge on any atom is -0.479 e. The number of carboxylic acids is 1. The van der Waals surface area contributed by atoms with Gasteiger partial charge < -0.3 is 14.4 Å². The molecule has 0 saturated carbocycles. The predicted molar refractivity (Wildman–Crippen MR) is 50.2 cm³/mol. The maximum atomic E-state index is 10.7. The zero-order valence-corrected chi connectivity index (χ0v) is 8.67. The molecule has 0 spiro atoms. The molecule has 2 heterocycles. The molecule has 1 N–H and O–H groups in total. The van der Waals surface area contributed by atoms with Crippen LogP contribution in [0.25, 0.3) is 0 Å². The number of ether oxygens (including phenoxy) is 1. The van der Waals surface area contributed by atoms with Gasteiger partial charge in [0.25, 0.3) is 0 Å². The largest absolute Gasteiger partial charge is 0.479 e. The third kappa shape index (κ3) is 1.72. The maximum absolute atomic E-state index is 10.7. The number of carboxylic acid groups (broad SMARTS) is 1. The van der Waals surface area contributed by atoms with Gasteiger partial charge in [0.2, 0.25) is 0 Å². The molecule has 1 aromatic rings. The van der Waals surface area contributed by atoms with E-state index in [2.05, 4.69) is 10.2 Å². The lowest BCUT2D eigenvalue weighted by molar-refractivity contribution is -0.149. The van der Waals surface area contributed by atoms with Gasteiger partial charge in [-0.1, -0.05) is 0 Å². The Bertz CT molecular complexity index is 388. The Balaban J connectivity index is 2.14. The molecule has 1 aromatic heterocycles. The van der Waals surface area contributed by atoms with E-state index in [9.17, 15) is 4.79 Å². The minimum atomic E-state index is -0.906. The van der Waals surface area contributed by atoms with Crippen LogP contribution in [-0.4, -0.2) is 31.9 Å². The summed E-state index contributed by atoms with van der Waals surface area (Å²) in [6.07, 6.45) is 0.277. The van der Waals surface area contributed by atoms with Crippen molar-refractivity contribution in [3.8, 4) is 0 Å². The summed E-state index contributed by atoms with van der Waals surface area (Å²) in [7, 11) is 1.85. The average molecular weight is 211 g/mol. The molecule has 2 rings (SSSR count). The summed E-state index contributed by atoms with van der Waals surface area (Å²) in [5.74, 6) is 0.597. The van der Waals surface area contributed by atoms with Gasteiger partial charge in [0.05, 0.1) is 0 Å². The topological polar surface area (TPSA) is 77.2 Å². The number of carbonyl (C=O) groups is 1. The minimum absolute atomic E-state index is 0.239. The molecular weight excluding hydrogens is 198 g/mol. The van der Waals surface area contributed by atoms with Crippen molar-refractivity contribution in [1.29, 1.82) is 0 Å². The highest BCUT2D eigenvalue weighted by atomic mass is 16.5. The molecule has 0 aliphatic carbocycles. The number of rotatable bonds is 2. The number of hydrogen-bond acceptors (Lipinski definition) is 4. The van der Waals surface area contributed by atoms with Crippen molar-refractivity contribution >= 4 is 5.97 Å². The Hall–Kier alpha value is -1.43. The normalized spacial score (nSPS) is 25.7. The van der Waals surface area contributed by atoms with Crippen LogP contribution in [0.5, 0.6) is 0 Å². The molecule has 0 bridgehead atoms. The van der Waals surface area contributed by atoms with E-state index in [0.717, 1.165) is 5.82 Å². The third-order valence-corrected chi connectivity index (χ3v) is 2.71. The molecular formula is C9H13N3O3. The van der Waals surface area contributed by atoms with Gasteiger partial charge in [-0.25, -0.2) is 4.79 Å². The number of aromatic nitrogens is 3. The number of aryl methyl sites for hydroxylation is 1. The van der Waals surface area contributed by atoms with Crippen LogP contribution in [0.2, 0.25) is 0 Å². The highest BCUT2D eigenvalue weighted by molar-refractivity contribution is 5.72. The summed E-state index contributed by atoms with van der Waals surface area (Å²) >= 11 is 0. The van der Waals surface area contributed by atoms with Crippen molar-refractivity contribution < 1.29 is 14.6 Å². The Morgan fingerprint density at radius 1 is 1.53 bits per heavy atom. The fourth-order valence-corrected chi connectivity index (χ4v) is 1.71. The van der Waals surface area contributed by atoms with Crippen molar-refractivity contribution in [2.45, 2.75) is 32.0 Å². The fraction of sp³-hybridized carbons (Fsp3) is 0.667. The van der Waals surface area contributed by atoms with Gasteiger partial charge in [0, 0.05) is 7.05 Å². The predicted octanol–water partition coefficient (Wildman–Crippen LogP) is 0.428. The first-order valence-corrected chi connectivity index (χ1v) is 4.83. The standard InChI is InChI=1S/C9H13N3O3/c1-5-10-11-8(12(5)2)6-3-4-7(15-6)9(13)14/h6-7H,3-4H2,1-2H3,(H,13,14). The number of nitrogens with zero attached hydrogens (tertiary/aromatic N) is 3. The highest BCUT2D eigenvalue weighted by Crippen LogP contribution is 2.31. The lowest BCUT2D eigenvalue weighted by Crippen LogP contribution is -2.19. The molecule has 6 nitrogen and oxygen atoms in total. The fourth-order valence-electron chi connectivity index (χ4n) is 1.71. The van der Waals surface area contributed by atoms with E-state index in [0.29, 0.717) is 18.7 Å². The van der Waals surface area contributed by atoms with E-state index in [1.807, 2.05) is 18.5 Å². The van der Waals surface area contributed by atoms with Crippen LogP contribution in [0.1, 0.15) is 30.6 Å². The zero-order valence-electron chi connectivity index (χ0n) is 8.67. The summed E-state index contributed by atoms with van der Waals surface area (Å²) in [5.41, 5.74) is 0. The van der Waals surface area contributed by atoms with Gasteiger partial charge in [0.1, 0.15) is 11.9 Å². The quantitative estimate of drug-likeness (QED) is 0.767. The molecule has 0 aromatic carbocycles. The molecule has 1 fully saturated rings. The smallest absolute Gasteiger partial charge is 0.332 e. The summed E-state index contributed by atoms with van der Waals surface area (Å²) in [6, 6.07) is 0. The van der Waals surface area contributed by atoms with Crippen LogP contribution in [-0.2, 0) is 16.6 Å². The number of hydrogen-bond donors (Lipinski definition) is 1. The Kier molecular flexibility index (Phi) is 2.44. The first-order chi connectivity index (χ1) is 7.09. The molecule has 1 aliphatic heterocycles. The average Bonchev–Trinajstić information content (AvgIpc) is 2.76. The summed E-state index contributed by atoms with van der Waals surface area (Å²) in [6.45, 7) is 1.85. The van der Waals surface area contributed by atoms with Gasteiger partial charge in [-0.2, -0.15) is 0 Å². The third-order valence-electron chi connectivity index (χ3n) is 2.71. The first kappa shape index (κ1) is 10.1. The van der Waals surface area contributed by atoms with Gasteiger partial charge in [-0.05, 0) is 19.8 Å². The van der Waals surface area contributed by atoms with Crippen LogP contribution in [0.3, 0.4) is 0 Å². The second-order valence-corrected chi connectivity index (χ2v) is 3.69. The molecule has 0 radical (unpaired) electrons. The van der Waals surface area contributed by atoms with E-state index in [-0.39, 0.29) is 6.10 Å². The van der Waals surface area contributed by atoms with Crippen LogP contribution in [0.4, 0.5) is 0 Å². The molecule has 1 aliphatic rings. The monoisotopic (exact) mass is 211 g/mol. The van der Waals surface area contributed by atoms with Gasteiger partial charge in [-0.15, -0.1) is 10.2 Å². The summed E-state index contributed by atoms with van der Waals surface area (Å²) in [4.78, 5) is 10.7. The SMILES string of the molecule is Cc1nnc(C2CCC(C(=O)O)O2)n1C. The number of aliphatic carboxylic acids is 1. The Labute approximate surface area is 86.9 Å². The zero-order chi connectivity index (χ0) is 11.0. The lowest BCUT2D eigenvalue weighted by Gasteiger charge is -2.10. The molecule has 6 heteroatoms. The molecule has 82 valence electrons. The van der Waals surface area contributed by atoms with E-state index in [4.69, 9.17) is 9.84 Å². The van der Waals surface area contributed by atoms with Crippen LogP contribution < -0.4 is 0 Å². The van der Waals surface area contributed by atoms with Crippen LogP contribution in [0.15, 0.2) is 0 Å². The van der Waals surface area contributed by atoms with Crippen molar-refractivity contribution in [3.63, 3.8) is 0 Å². The van der Waals surface area contributed by atoms with Gasteiger partial charge in [-0.3, -0.25) is 0 Å². The van der Waals surface area contributed by atoms with Crippen molar-refractivity contribution in [2.75, 3.05) is 0 Å². The van der Waals surface area contributed by atoms with Crippen molar-refractivity contribution in [1.82, 2.24) is 14.8 Å². The van der Waals surface area contributed by atoms with Crippen LogP contribution in [0, 0.1) is 6.92 Å². The van der Waals surface area contributed by atoms with E-state index < -0.39 is 12.1 Å². The first-order valence-electron chi connectivity index (χ1n) is 4.83. The second kappa shape index (κ2) is 3.62. The van der Waals surface area contributed by atoms with Crippen LogP contribution >= 0.6 is 0 Å². The highest BCUT2D eigenvalue weighted by Gasteiger charge is 2.33. The second-order valence-electron chi connectivity index (χ2n) is 3.69. The van der Waals surface area contributed by atoms with E-state index in [1.54, 1.807) is 0 Å². The van der Waals surface area contributed by atoms with Crippen molar-refractivity contribution in [3.05, 3.63) is 11.6 Å². The van der Waals surface area contributed by atoms with Crippen molar-refractivity contribution in [2.24, 2.45) is 7.05 Å². The molecule has 2 atom stereocenters. The lowest BCUT2D eigenvalue weighted by atomic mass is 10.2. The van der Waals surface area contributed by atoms with E-state index in [1.165, 1.54) is 0 Å². The van der Waals surface area contributed by atoms with Gasteiger partial charge >= 0.3 is 5.97 Å².